The maximum absolute atomic E-state index is 12.7. The highest BCUT2D eigenvalue weighted by Crippen LogP contribution is 2.24. The summed E-state index contributed by atoms with van der Waals surface area (Å²) in [6, 6.07) is 14.1. The van der Waals surface area contributed by atoms with E-state index in [0.717, 1.165) is 22.4 Å². The molecule has 0 saturated heterocycles. The molecule has 1 amide bonds. The maximum atomic E-state index is 12.7. The number of ether oxygens (including phenoxy) is 3. The first kappa shape index (κ1) is 22.1. The van der Waals surface area contributed by atoms with Crippen LogP contribution in [-0.2, 0) is 36.8 Å². The Kier molecular flexibility index (Phi) is 7.43. The minimum Gasteiger partial charge on any atom is -0.494 e. The van der Waals surface area contributed by atoms with Gasteiger partial charge in [0.15, 0.2) is 6.61 Å². The van der Waals surface area contributed by atoms with E-state index in [1.54, 1.807) is 18.2 Å². The van der Waals surface area contributed by atoms with E-state index in [1.807, 2.05) is 43.3 Å². The van der Waals surface area contributed by atoms with Crippen molar-refractivity contribution in [3.63, 3.8) is 0 Å². The molecule has 1 aliphatic heterocycles. The van der Waals surface area contributed by atoms with E-state index in [2.05, 4.69) is 0 Å². The third-order valence-electron chi connectivity index (χ3n) is 4.98. The van der Waals surface area contributed by atoms with Crippen molar-refractivity contribution in [1.82, 2.24) is 4.90 Å². The number of hydrogen-bond donors (Lipinski definition) is 0. The first-order chi connectivity index (χ1) is 15.0. The first-order valence-electron chi connectivity index (χ1n) is 10.0. The van der Waals surface area contributed by atoms with E-state index < -0.39 is 30.5 Å². The summed E-state index contributed by atoms with van der Waals surface area (Å²) in [4.78, 5) is 38.4. The second-order valence-electron chi connectivity index (χ2n) is 6.98. The molecule has 0 saturated carbocycles. The second kappa shape index (κ2) is 10.4. The molecule has 1 heterocycles. The number of nitrogens with zero attached hydrogens (tertiary/aromatic N) is 1. The average molecular weight is 423 g/mol. The third kappa shape index (κ3) is 5.72. The number of rotatable bonds is 7. The van der Waals surface area contributed by atoms with Crippen LogP contribution in [0.4, 0.5) is 0 Å². The molecular formula is C24H25NO6. The lowest BCUT2D eigenvalue weighted by Crippen LogP contribution is -2.50. The molecule has 0 aliphatic carbocycles. The van der Waals surface area contributed by atoms with E-state index in [9.17, 15) is 14.4 Å². The summed E-state index contributed by atoms with van der Waals surface area (Å²) in [6.07, 6.45) is 3.21. The normalized spacial score (nSPS) is 15.3. The van der Waals surface area contributed by atoms with Crippen molar-refractivity contribution >= 4 is 23.9 Å². The van der Waals surface area contributed by atoms with Gasteiger partial charge < -0.3 is 19.1 Å². The van der Waals surface area contributed by atoms with Crippen LogP contribution in [0.5, 0.6) is 5.75 Å². The molecule has 0 spiro atoms. The van der Waals surface area contributed by atoms with Gasteiger partial charge in [-0.1, -0.05) is 36.4 Å². The van der Waals surface area contributed by atoms with Gasteiger partial charge in [0.05, 0.1) is 13.7 Å². The number of hydrogen-bond acceptors (Lipinski definition) is 6. The fraction of sp³-hybridized carbons (Fsp3) is 0.292. The van der Waals surface area contributed by atoms with Gasteiger partial charge in [0, 0.05) is 19.0 Å². The van der Waals surface area contributed by atoms with Crippen LogP contribution in [-0.4, -0.2) is 49.1 Å². The summed E-state index contributed by atoms with van der Waals surface area (Å²) in [7, 11) is 1.29. The number of carbonyl (C=O) groups is 3. The zero-order chi connectivity index (χ0) is 22.2. The van der Waals surface area contributed by atoms with E-state index >= 15 is 0 Å². The van der Waals surface area contributed by atoms with Crippen molar-refractivity contribution in [3.05, 3.63) is 71.3 Å². The molecule has 0 bridgehead atoms. The summed E-state index contributed by atoms with van der Waals surface area (Å²) in [5.41, 5.74) is 2.75. The molecule has 2 aromatic carbocycles. The van der Waals surface area contributed by atoms with Crippen LogP contribution in [0.15, 0.2) is 54.6 Å². The third-order valence-corrected chi connectivity index (χ3v) is 4.98. The van der Waals surface area contributed by atoms with Gasteiger partial charge >= 0.3 is 11.9 Å². The summed E-state index contributed by atoms with van der Waals surface area (Å²) < 4.78 is 15.3. The molecule has 1 aliphatic rings. The number of carbonyl (C=O) groups excluding carboxylic acids is 3. The number of esters is 2. The lowest BCUT2D eigenvalue weighted by Gasteiger charge is -2.35. The monoisotopic (exact) mass is 423 g/mol. The van der Waals surface area contributed by atoms with Crippen LogP contribution >= 0.6 is 0 Å². The molecule has 7 heteroatoms. The highest BCUT2D eigenvalue weighted by Gasteiger charge is 2.35. The van der Waals surface area contributed by atoms with Gasteiger partial charge in [0.25, 0.3) is 5.91 Å². The summed E-state index contributed by atoms with van der Waals surface area (Å²) in [5.74, 6) is -0.845. The maximum Gasteiger partial charge on any atom is 0.331 e. The number of amides is 1. The number of benzene rings is 2. The Labute approximate surface area is 181 Å². The number of fused-ring (bicyclic) bond motifs is 1. The molecule has 31 heavy (non-hydrogen) atoms. The summed E-state index contributed by atoms with van der Waals surface area (Å²) in [6.45, 7) is 2.28. The van der Waals surface area contributed by atoms with Gasteiger partial charge in [-0.3, -0.25) is 4.79 Å². The van der Waals surface area contributed by atoms with Gasteiger partial charge in [-0.2, -0.15) is 0 Å². The van der Waals surface area contributed by atoms with E-state index in [0.29, 0.717) is 13.0 Å². The first-order valence-corrected chi connectivity index (χ1v) is 10.0. The van der Waals surface area contributed by atoms with Crippen LogP contribution in [0, 0.1) is 0 Å². The zero-order valence-corrected chi connectivity index (χ0v) is 17.6. The van der Waals surface area contributed by atoms with Crippen molar-refractivity contribution < 1.29 is 28.6 Å². The predicted octanol–water partition coefficient (Wildman–Crippen LogP) is 2.77. The van der Waals surface area contributed by atoms with Crippen molar-refractivity contribution in [2.24, 2.45) is 0 Å². The molecule has 0 N–H and O–H groups in total. The molecule has 0 aromatic heterocycles. The Morgan fingerprint density at radius 3 is 2.45 bits per heavy atom. The molecule has 0 unspecified atom stereocenters. The van der Waals surface area contributed by atoms with Gasteiger partial charge in [0.2, 0.25) is 0 Å². The molecule has 0 fully saturated rings. The van der Waals surface area contributed by atoms with Crippen molar-refractivity contribution in [2.75, 3.05) is 20.3 Å². The molecule has 162 valence electrons. The highest BCUT2D eigenvalue weighted by atomic mass is 16.5. The van der Waals surface area contributed by atoms with Gasteiger partial charge in [-0.05, 0) is 41.8 Å². The lowest BCUT2D eigenvalue weighted by atomic mass is 9.94. The molecular weight excluding hydrogens is 398 g/mol. The van der Waals surface area contributed by atoms with Crippen molar-refractivity contribution in [3.8, 4) is 5.75 Å². The molecule has 0 radical (unpaired) electrons. The van der Waals surface area contributed by atoms with Crippen LogP contribution in [0.1, 0.15) is 23.6 Å². The molecule has 3 rings (SSSR count). The molecule has 7 nitrogen and oxygen atoms in total. The van der Waals surface area contributed by atoms with Crippen LogP contribution in [0.25, 0.3) is 6.08 Å². The van der Waals surface area contributed by atoms with Gasteiger partial charge in [-0.15, -0.1) is 0 Å². The van der Waals surface area contributed by atoms with Crippen molar-refractivity contribution in [2.45, 2.75) is 25.9 Å². The molecule has 1 atom stereocenters. The minimum atomic E-state index is -0.745. The SMILES string of the molecule is CCOc1ccc(/C=C/C(=O)OCC(=O)N2Cc3ccccc3C[C@@H]2C(=O)OC)cc1. The van der Waals surface area contributed by atoms with E-state index in [4.69, 9.17) is 14.2 Å². The van der Waals surface area contributed by atoms with E-state index in [1.165, 1.54) is 18.1 Å². The summed E-state index contributed by atoms with van der Waals surface area (Å²) in [5, 5.41) is 0. The fourth-order valence-electron chi connectivity index (χ4n) is 3.40. The second-order valence-corrected chi connectivity index (χ2v) is 6.98. The van der Waals surface area contributed by atoms with E-state index in [-0.39, 0.29) is 6.54 Å². The van der Waals surface area contributed by atoms with Gasteiger partial charge in [-0.25, -0.2) is 9.59 Å². The standard InChI is InChI=1S/C24H25NO6/c1-3-30-20-11-8-17(9-12-20)10-13-23(27)31-16-22(26)25-15-19-7-5-4-6-18(19)14-21(25)24(28)29-2/h4-13,21H,3,14-16H2,1-2H3/b13-10+/t21-/m1/s1. The lowest BCUT2D eigenvalue weighted by molar-refractivity contribution is -0.158. The Bertz CT molecular complexity index is 966. The van der Waals surface area contributed by atoms with Crippen LogP contribution < -0.4 is 4.74 Å². The highest BCUT2D eigenvalue weighted by molar-refractivity contribution is 5.90. The number of methoxy groups -OCH3 is 1. The van der Waals surface area contributed by atoms with Gasteiger partial charge in [0.1, 0.15) is 11.8 Å². The Balaban J connectivity index is 1.59. The van der Waals surface area contributed by atoms with Crippen molar-refractivity contribution in [1.29, 1.82) is 0 Å². The fourth-order valence-corrected chi connectivity index (χ4v) is 3.40. The predicted molar refractivity (Wildman–Crippen MR) is 114 cm³/mol. The Morgan fingerprint density at radius 2 is 1.77 bits per heavy atom. The van der Waals surface area contributed by atoms with Crippen LogP contribution in [0.3, 0.4) is 0 Å². The smallest absolute Gasteiger partial charge is 0.331 e. The summed E-state index contributed by atoms with van der Waals surface area (Å²) >= 11 is 0. The molecule has 2 aromatic rings. The Hall–Kier alpha value is -3.61. The topological polar surface area (TPSA) is 82.1 Å². The zero-order valence-electron chi connectivity index (χ0n) is 17.6. The minimum absolute atomic E-state index is 0.258. The average Bonchev–Trinajstić information content (AvgIpc) is 2.80. The van der Waals surface area contributed by atoms with Crippen LogP contribution in [0.2, 0.25) is 0 Å². The quantitative estimate of drug-likeness (QED) is 0.503. The largest absolute Gasteiger partial charge is 0.494 e. The Morgan fingerprint density at radius 1 is 1.06 bits per heavy atom.